The first-order chi connectivity index (χ1) is 12.9. The Hall–Kier alpha value is -0.570. The average Bonchev–Trinajstić information content (AvgIpc) is 2.61. The predicted molar refractivity (Wildman–Crippen MR) is 128 cm³/mol. The third kappa shape index (κ3) is 8.43. The molecule has 0 radical (unpaired) electrons. The molecule has 1 aliphatic carbocycles. The van der Waals surface area contributed by atoms with Crippen LogP contribution in [0.1, 0.15) is 65.2 Å². The molecule has 0 unspecified atom stereocenters. The number of primary amides is 1. The fraction of sp³-hybridized carbons (Fsp3) is 0.905. The van der Waals surface area contributed by atoms with Crippen LogP contribution in [0, 0.1) is 17.3 Å². The first-order valence-corrected chi connectivity index (χ1v) is 10.9. The molecule has 7 heteroatoms. The number of likely N-dealkylation sites (tertiary alicyclic amines) is 1. The summed E-state index contributed by atoms with van der Waals surface area (Å²) in [5, 5.41) is 7.02. The van der Waals surface area contributed by atoms with Crippen LogP contribution in [0.3, 0.4) is 0 Å². The number of amides is 1. The van der Waals surface area contributed by atoms with E-state index in [1.165, 1.54) is 32.1 Å². The van der Waals surface area contributed by atoms with Gasteiger partial charge in [-0.15, -0.1) is 24.0 Å². The van der Waals surface area contributed by atoms with Crippen LogP contribution in [0.2, 0.25) is 0 Å². The van der Waals surface area contributed by atoms with E-state index in [2.05, 4.69) is 34.4 Å². The molecule has 0 aromatic heterocycles. The SMILES string of the molecule is CN=C(NCCCCN1CCC(C(N)=O)CC1)NCC1(CC(C)C)CCC1.I. The van der Waals surface area contributed by atoms with Gasteiger partial charge in [0.1, 0.15) is 0 Å². The molecule has 0 aromatic carbocycles. The lowest BCUT2D eigenvalue weighted by Gasteiger charge is -2.43. The molecule has 0 bridgehead atoms. The largest absolute Gasteiger partial charge is 0.369 e. The number of nitrogens with one attached hydrogen (secondary N) is 2. The van der Waals surface area contributed by atoms with Crippen molar-refractivity contribution in [3.05, 3.63) is 0 Å². The Morgan fingerprint density at radius 3 is 2.39 bits per heavy atom. The van der Waals surface area contributed by atoms with Crippen molar-refractivity contribution in [1.82, 2.24) is 15.5 Å². The molecule has 1 amide bonds. The quantitative estimate of drug-likeness (QED) is 0.184. The molecule has 28 heavy (non-hydrogen) atoms. The second kappa shape index (κ2) is 12.9. The molecular weight excluding hydrogens is 465 g/mol. The van der Waals surface area contributed by atoms with E-state index < -0.39 is 0 Å². The van der Waals surface area contributed by atoms with Crippen LogP contribution in [0.25, 0.3) is 0 Å². The molecule has 1 saturated heterocycles. The van der Waals surface area contributed by atoms with Gasteiger partial charge in [0.2, 0.25) is 5.91 Å². The second-order valence-corrected chi connectivity index (χ2v) is 9.03. The number of rotatable bonds is 10. The molecule has 1 saturated carbocycles. The maximum absolute atomic E-state index is 11.2. The Balaban J connectivity index is 0.00000392. The molecule has 6 nitrogen and oxygen atoms in total. The Kier molecular flexibility index (Phi) is 11.7. The van der Waals surface area contributed by atoms with Gasteiger partial charge in [-0.25, -0.2) is 0 Å². The molecular formula is C21H42IN5O. The highest BCUT2D eigenvalue weighted by molar-refractivity contribution is 14.0. The zero-order valence-electron chi connectivity index (χ0n) is 18.1. The molecule has 2 rings (SSSR count). The lowest BCUT2D eigenvalue weighted by Crippen LogP contribution is -2.47. The monoisotopic (exact) mass is 507 g/mol. The van der Waals surface area contributed by atoms with Crippen molar-refractivity contribution in [2.24, 2.45) is 28.0 Å². The summed E-state index contributed by atoms with van der Waals surface area (Å²) in [6.45, 7) is 9.75. The van der Waals surface area contributed by atoms with E-state index in [9.17, 15) is 4.79 Å². The third-order valence-electron chi connectivity index (χ3n) is 6.29. The normalized spacial score (nSPS) is 20.4. The number of nitrogens with two attached hydrogens (primary N) is 1. The van der Waals surface area contributed by atoms with E-state index in [1.807, 2.05) is 7.05 Å². The summed E-state index contributed by atoms with van der Waals surface area (Å²) in [5.74, 6) is 1.66. The average molecular weight is 508 g/mol. The molecule has 0 atom stereocenters. The summed E-state index contributed by atoms with van der Waals surface area (Å²) in [7, 11) is 1.86. The minimum Gasteiger partial charge on any atom is -0.369 e. The lowest BCUT2D eigenvalue weighted by atomic mass is 9.64. The molecule has 4 N–H and O–H groups in total. The molecule has 0 spiro atoms. The minimum absolute atomic E-state index is 0. The van der Waals surface area contributed by atoms with E-state index in [0.717, 1.165) is 63.9 Å². The highest BCUT2D eigenvalue weighted by Gasteiger charge is 2.37. The van der Waals surface area contributed by atoms with Gasteiger partial charge in [-0.3, -0.25) is 9.79 Å². The number of carbonyl (C=O) groups excluding carboxylic acids is 1. The van der Waals surface area contributed by atoms with E-state index in [4.69, 9.17) is 5.73 Å². The van der Waals surface area contributed by atoms with Crippen LogP contribution in [0.4, 0.5) is 0 Å². The maximum atomic E-state index is 11.2. The molecule has 0 aromatic rings. The van der Waals surface area contributed by atoms with Gasteiger partial charge in [0.25, 0.3) is 0 Å². The van der Waals surface area contributed by atoms with Crippen LogP contribution in [0.15, 0.2) is 4.99 Å². The van der Waals surface area contributed by atoms with Gasteiger partial charge in [0, 0.05) is 26.1 Å². The third-order valence-corrected chi connectivity index (χ3v) is 6.29. The molecule has 1 aliphatic heterocycles. The minimum atomic E-state index is -0.130. The predicted octanol–water partition coefficient (Wildman–Crippen LogP) is 2.96. The first-order valence-electron chi connectivity index (χ1n) is 10.9. The number of halogens is 1. The summed E-state index contributed by atoms with van der Waals surface area (Å²) in [6, 6.07) is 0. The van der Waals surface area contributed by atoms with Crippen LogP contribution in [-0.2, 0) is 4.79 Å². The number of hydrogen-bond donors (Lipinski definition) is 3. The summed E-state index contributed by atoms with van der Waals surface area (Å²) >= 11 is 0. The topological polar surface area (TPSA) is 82.8 Å². The molecule has 164 valence electrons. The van der Waals surface area contributed by atoms with Crippen molar-refractivity contribution in [1.29, 1.82) is 0 Å². The van der Waals surface area contributed by atoms with E-state index in [0.29, 0.717) is 5.41 Å². The number of piperidine rings is 1. The zero-order valence-corrected chi connectivity index (χ0v) is 20.5. The van der Waals surface area contributed by atoms with Gasteiger partial charge < -0.3 is 21.3 Å². The zero-order chi connectivity index (χ0) is 19.7. The highest BCUT2D eigenvalue weighted by Crippen LogP contribution is 2.45. The van der Waals surface area contributed by atoms with Crippen LogP contribution >= 0.6 is 24.0 Å². The molecule has 2 fully saturated rings. The van der Waals surface area contributed by atoms with E-state index >= 15 is 0 Å². The fourth-order valence-corrected chi connectivity index (χ4v) is 4.60. The van der Waals surface area contributed by atoms with Gasteiger partial charge in [0.05, 0.1) is 0 Å². The van der Waals surface area contributed by atoms with Crippen LogP contribution in [0.5, 0.6) is 0 Å². The maximum Gasteiger partial charge on any atom is 0.220 e. The Bertz CT molecular complexity index is 485. The molecule has 2 aliphatic rings. The Morgan fingerprint density at radius 2 is 1.89 bits per heavy atom. The summed E-state index contributed by atoms with van der Waals surface area (Å²) in [5.41, 5.74) is 5.89. The van der Waals surface area contributed by atoms with Gasteiger partial charge in [-0.05, 0) is 75.9 Å². The summed E-state index contributed by atoms with van der Waals surface area (Å²) < 4.78 is 0. The van der Waals surface area contributed by atoms with Crippen molar-refractivity contribution < 1.29 is 4.79 Å². The number of unbranched alkanes of at least 4 members (excludes halogenated alkanes) is 1. The number of guanidine groups is 1. The number of aliphatic imine (C=N–C) groups is 1. The summed E-state index contributed by atoms with van der Waals surface area (Å²) in [6.07, 6.45) is 9.52. The standard InChI is InChI=1S/C21H41N5O.HI/c1-17(2)15-21(9-6-10-21)16-25-20(23-3)24-11-4-5-12-26-13-7-18(8-14-26)19(22)27;/h17-18H,4-16H2,1-3H3,(H2,22,27)(H2,23,24,25);1H. The van der Waals surface area contributed by atoms with Gasteiger partial charge in [0.15, 0.2) is 5.96 Å². The van der Waals surface area contributed by atoms with Gasteiger partial charge in [-0.1, -0.05) is 20.3 Å². The molecule has 1 heterocycles. The van der Waals surface area contributed by atoms with E-state index in [1.54, 1.807) is 0 Å². The number of carbonyl (C=O) groups is 1. The number of hydrogen-bond acceptors (Lipinski definition) is 3. The first kappa shape index (κ1) is 25.5. The fourth-order valence-electron chi connectivity index (χ4n) is 4.60. The van der Waals surface area contributed by atoms with Crippen molar-refractivity contribution in [2.75, 3.05) is 39.8 Å². The summed E-state index contributed by atoms with van der Waals surface area (Å²) in [4.78, 5) is 18.1. The smallest absolute Gasteiger partial charge is 0.220 e. The van der Waals surface area contributed by atoms with Crippen molar-refractivity contribution >= 4 is 35.8 Å². The van der Waals surface area contributed by atoms with Crippen LogP contribution in [-0.4, -0.2) is 56.5 Å². The Morgan fingerprint density at radius 1 is 1.21 bits per heavy atom. The van der Waals surface area contributed by atoms with Crippen molar-refractivity contribution in [2.45, 2.75) is 65.2 Å². The van der Waals surface area contributed by atoms with E-state index in [-0.39, 0.29) is 35.8 Å². The van der Waals surface area contributed by atoms with Crippen molar-refractivity contribution in [3.8, 4) is 0 Å². The lowest BCUT2D eigenvalue weighted by molar-refractivity contribution is -0.123. The van der Waals surface area contributed by atoms with Crippen molar-refractivity contribution in [3.63, 3.8) is 0 Å². The van der Waals surface area contributed by atoms with Gasteiger partial charge in [-0.2, -0.15) is 0 Å². The second-order valence-electron chi connectivity index (χ2n) is 9.03. The highest BCUT2D eigenvalue weighted by atomic mass is 127. The van der Waals surface area contributed by atoms with Crippen LogP contribution < -0.4 is 16.4 Å². The Labute approximate surface area is 188 Å². The number of nitrogens with zero attached hydrogens (tertiary/aromatic N) is 2. The van der Waals surface area contributed by atoms with Gasteiger partial charge >= 0.3 is 0 Å².